The summed E-state index contributed by atoms with van der Waals surface area (Å²) in [6.45, 7) is 10.1. The maximum absolute atomic E-state index is 9.88. The number of nitrogens with zero attached hydrogens (tertiary/aromatic N) is 6. The summed E-state index contributed by atoms with van der Waals surface area (Å²) >= 11 is 0. The van der Waals surface area contributed by atoms with E-state index in [2.05, 4.69) is 61.8 Å². The van der Waals surface area contributed by atoms with Gasteiger partial charge in [-0.05, 0) is 51.5 Å². The van der Waals surface area contributed by atoms with Crippen molar-refractivity contribution >= 4 is 33.9 Å². The van der Waals surface area contributed by atoms with Gasteiger partial charge in [-0.15, -0.1) is 5.10 Å². The van der Waals surface area contributed by atoms with Crippen LogP contribution in [0.15, 0.2) is 24.4 Å². The molecule has 4 aromatic rings. The van der Waals surface area contributed by atoms with E-state index in [1.807, 2.05) is 32.2 Å². The maximum Gasteiger partial charge on any atom is 0.162 e. The van der Waals surface area contributed by atoms with Crippen LogP contribution in [0, 0.1) is 25.2 Å². The molecule has 0 unspecified atom stereocenters. The Kier molecular flexibility index (Phi) is 4.52. The lowest BCUT2D eigenvalue weighted by molar-refractivity contribution is 0.407. The molecule has 0 amide bonds. The molecule has 0 aliphatic carbocycles. The van der Waals surface area contributed by atoms with Crippen molar-refractivity contribution in [1.29, 1.82) is 5.26 Å². The molecule has 3 aromatic heterocycles. The van der Waals surface area contributed by atoms with Crippen LogP contribution >= 0.6 is 0 Å². The Labute approximate surface area is 180 Å². The Bertz CT molecular complexity index is 1320. The highest BCUT2D eigenvalue weighted by molar-refractivity contribution is 5.98. The van der Waals surface area contributed by atoms with E-state index in [-0.39, 0.29) is 0 Å². The van der Waals surface area contributed by atoms with Gasteiger partial charge in [-0.3, -0.25) is 5.10 Å². The van der Waals surface area contributed by atoms with Gasteiger partial charge < -0.3 is 15.5 Å². The topological polar surface area (TPSA) is 110 Å². The zero-order valence-corrected chi connectivity index (χ0v) is 18.1. The van der Waals surface area contributed by atoms with E-state index in [4.69, 9.17) is 0 Å². The van der Waals surface area contributed by atoms with Crippen LogP contribution in [-0.4, -0.2) is 50.0 Å². The number of anilines is 3. The molecule has 4 heterocycles. The second-order valence-corrected chi connectivity index (χ2v) is 8.46. The van der Waals surface area contributed by atoms with Gasteiger partial charge in [0.2, 0.25) is 0 Å². The van der Waals surface area contributed by atoms with E-state index in [0.717, 1.165) is 46.6 Å². The van der Waals surface area contributed by atoms with Gasteiger partial charge in [-0.1, -0.05) is 0 Å². The van der Waals surface area contributed by atoms with E-state index in [1.165, 1.54) is 0 Å². The van der Waals surface area contributed by atoms with Crippen molar-refractivity contribution in [3.8, 4) is 6.07 Å². The normalized spacial score (nSPS) is 19.1. The minimum absolute atomic E-state index is 0.389. The minimum Gasteiger partial charge on any atom is -0.368 e. The van der Waals surface area contributed by atoms with Crippen molar-refractivity contribution in [3.05, 3.63) is 41.2 Å². The molecule has 31 heavy (non-hydrogen) atoms. The molecule has 2 atom stereocenters. The van der Waals surface area contributed by atoms with Gasteiger partial charge in [-0.2, -0.15) is 10.4 Å². The van der Waals surface area contributed by atoms with Crippen LogP contribution in [0.2, 0.25) is 0 Å². The Hall–Kier alpha value is -3.64. The Balaban J connectivity index is 1.53. The number of hydrogen-bond donors (Lipinski definition) is 3. The average Bonchev–Trinajstić information content (AvgIpc) is 3.30. The summed E-state index contributed by atoms with van der Waals surface area (Å²) in [5.74, 6) is 1.23. The highest BCUT2D eigenvalue weighted by Crippen LogP contribution is 2.32. The molecule has 9 heteroatoms. The number of imidazole rings is 1. The number of benzene rings is 1. The second kappa shape index (κ2) is 7.25. The molecule has 1 saturated heterocycles. The molecule has 0 radical (unpaired) electrons. The highest BCUT2D eigenvalue weighted by atomic mass is 15.3. The minimum atomic E-state index is 0.389. The number of aromatic nitrogens is 5. The molecular formula is C22H25N9. The van der Waals surface area contributed by atoms with E-state index >= 15 is 0 Å². The molecule has 1 aliphatic rings. The first-order valence-corrected chi connectivity index (χ1v) is 10.4. The summed E-state index contributed by atoms with van der Waals surface area (Å²) < 4.78 is 1.76. The fraction of sp³-hybridized carbons (Fsp3) is 0.364. The fourth-order valence-electron chi connectivity index (χ4n) is 4.47. The third kappa shape index (κ3) is 3.45. The maximum atomic E-state index is 9.88. The van der Waals surface area contributed by atoms with Gasteiger partial charge in [-0.25, -0.2) is 9.50 Å². The smallest absolute Gasteiger partial charge is 0.162 e. The number of aromatic amines is 1. The molecule has 158 valence electrons. The Morgan fingerprint density at radius 2 is 1.94 bits per heavy atom. The molecule has 1 fully saturated rings. The number of nitriles is 1. The van der Waals surface area contributed by atoms with Crippen molar-refractivity contribution < 1.29 is 0 Å². The van der Waals surface area contributed by atoms with E-state index in [1.54, 1.807) is 4.52 Å². The van der Waals surface area contributed by atoms with Gasteiger partial charge in [0, 0.05) is 30.9 Å². The van der Waals surface area contributed by atoms with Crippen LogP contribution in [0.3, 0.4) is 0 Å². The lowest BCUT2D eigenvalue weighted by Crippen LogP contribution is -2.54. The number of hydrogen-bond acceptors (Lipinski definition) is 7. The lowest BCUT2D eigenvalue weighted by Gasteiger charge is -2.37. The van der Waals surface area contributed by atoms with E-state index < -0.39 is 0 Å². The molecule has 0 spiro atoms. The Morgan fingerprint density at radius 3 is 2.68 bits per heavy atom. The van der Waals surface area contributed by atoms with Crippen LogP contribution < -0.4 is 15.5 Å². The fourth-order valence-corrected chi connectivity index (χ4v) is 4.47. The zero-order chi connectivity index (χ0) is 21.7. The van der Waals surface area contributed by atoms with Crippen molar-refractivity contribution in [2.75, 3.05) is 23.3 Å². The van der Waals surface area contributed by atoms with E-state index in [9.17, 15) is 5.26 Å². The number of H-pyrrole nitrogens is 1. The van der Waals surface area contributed by atoms with Gasteiger partial charge in [0.25, 0.3) is 0 Å². The second-order valence-electron chi connectivity index (χ2n) is 8.46. The monoisotopic (exact) mass is 415 g/mol. The molecule has 5 rings (SSSR count). The first-order valence-electron chi connectivity index (χ1n) is 10.4. The summed E-state index contributed by atoms with van der Waals surface area (Å²) in [5.41, 5.74) is 5.19. The van der Waals surface area contributed by atoms with Gasteiger partial charge in [0.15, 0.2) is 17.3 Å². The lowest BCUT2D eigenvalue weighted by atomic mass is 10.1. The summed E-state index contributed by atoms with van der Waals surface area (Å²) in [5, 5.41) is 29.6. The third-order valence-electron chi connectivity index (χ3n) is 5.67. The van der Waals surface area contributed by atoms with Gasteiger partial charge in [0.05, 0.1) is 28.4 Å². The first kappa shape index (κ1) is 19.3. The van der Waals surface area contributed by atoms with Crippen LogP contribution in [0.25, 0.3) is 16.6 Å². The van der Waals surface area contributed by atoms with Crippen LogP contribution in [0.4, 0.5) is 17.3 Å². The number of aryl methyl sites for hydroxylation is 2. The summed E-state index contributed by atoms with van der Waals surface area (Å²) in [6.07, 6.45) is 1.89. The van der Waals surface area contributed by atoms with Crippen molar-refractivity contribution in [1.82, 2.24) is 30.1 Å². The third-order valence-corrected chi connectivity index (χ3v) is 5.67. The predicted molar refractivity (Wildman–Crippen MR) is 121 cm³/mol. The molecule has 9 nitrogen and oxygen atoms in total. The molecule has 0 bridgehead atoms. The van der Waals surface area contributed by atoms with E-state index in [0.29, 0.717) is 29.3 Å². The average molecular weight is 416 g/mol. The number of rotatable bonds is 3. The predicted octanol–water partition coefficient (Wildman–Crippen LogP) is 3.02. The highest BCUT2D eigenvalue weighted by Gasteiger charge is 2.23. The van der Waals surface area contributed by atoms with Crippen LogP contribution in [-0.2, 0) is 0 Å². The van der Waals surface area contributed by atoms with Crippen molar-refractivity contribution in [3.63, 3.8) is 0 Å². The summed E-state index contributed by atoms with van der Waals surface area (Å²) in [6, 6.07) is 9.09. The Morgan fingerprint density at radius 1 is 1.16 bits per heavy atom. The molecule has 3 N–H and O–H groups in total. The molecular weight excluding hydrogens is 390 g/mol. The van der Waals surface area contributed by atoms with Crippen LogP contribution in [0.1, 0.15) is 30.7 Å². The number of nitrogens with one attached hydrogen (secondary N) is 3. The molecule has 1 aliphatic heterocycles. The zero-order valence-electron chi connectivity index (χ0n) is 18.1. The number of fused-ring (bicyclic) bond motifs is 2. The van der Waals surface area contributed by atoms with Gasteiger partial charge in [0.1, 0.15) is 6.07 Å². The quantitative estimate of drug-likeness (QED) is 0.472. The SMILES string of the molecule is Cc1cn2nc(Nc3n[nH]c4cc(N5C[C@@H](C)N[C@@H](C)C5)cc(C#N)c34)cc(C)c2n1. The summed E-state index contributed by atoms with van der Waals surface area (Å²) in [7, 11) is 0. The molecule has 0 saturated carbocycles. The summed E-state index contributed by atoms with van der Waals surface area (Å²) in [4.78, 5) is 6.81. The largest absolute Gasteiger partial charge is 0.368 e. The number of piperazine rings is 1. The standard InChI is InChI=1S/C22H25N9/c1-12-5-19(29-31-11-15(4)25-22(12)31)26-21-20-16(8-23)6-17(7-18(20)27-28-21)30-9-13(2)24-14(3)10-30/h5-7,11,13-14,24H,9-10H2,1-4H3,(H2,26,27,28,29)/t13-,14+. The van der Waals surface area contributed by atoms with Crippen molar-refractivity contribution in [2.45, 2.75) is 39.8 Å². The van der Waals surface area contributed by atoms with Gasteiger partial charge >= 0.3 is 0 Å². The molecule has 1 aromatic carbocycles. The van der Waals surface area contributed by atoms with Crippen LogP contribution in [0.5, 0.6) is 0 Å². The first-order chi connectivity index (χ1) is 14.9. The van der Waals surface area contributed by atoms with Crippen molar-refractivity contribution in [2.24, 2.45) is 0 Å².